The summed E-state index contributed by atoms with van der Waals surface area (Å²) in [6.07, 6.45) is 5.49. The third-order valence-corrected chi connectivity index (χ3v) is 7.62. The number of aromatic amines is 1. The van der Waals surface area contributed by atoms with Gasteiger partial charge in [0.25, 0.3) is 0 Å². The number of likely N-dealkylation sites (N-methyl/N-ethyl adjacent to an activating group) is 2. The van der Waals surface area contributed by atoms with Gasteiger partial charge in [0.2, 0.25) is 5.91 Å². The number of piperazine rings is 1. The highest BCUT2D eigenvalue weighted by Gasteiger charge is 2.21. The maximum absolute atomic E-state index is 13.0. The summed E-state index contributed by atoms with van der Waals surface area (Å²) in [7, 11) is 3.89. The molecular weight excluding hydrogens is 516 g/mol. The number of hydrogen-bond donors (Lipinski definition) is 2. The van der Waals surface area contributed by atoms with Crippen molar-refractivity contribution < 1.29 is 9.90 Å². The summed E-state index contributed by atoms with van der Waals surface area (Å²) in [6, 6.07) is 18.7. The Hall–Kier alpha value is -4.98. The van der Waals surface area contributed by atoms with Crippen LogP contribution in [0.3, 0.4) is 0 Å². The number of H-pyrrole nitrogens is 1. The summed E-state index contributed by atoms with van der Waals surface area (Å²) < 4.78 is 1.90. The lowest BCUT2D eigenvalue weighted by atomic mass is 10.0. The zero-order valence-corrected chi connectivity index (χ0v) is 22.9. The van der Waals surface area contributed by atoms with E-state index in [1.165, 1.54) is 0 Å². The molecule has 1 fully saturated rings. The van der Waals surface area contributed by atoms with Crippen molar-refractivity contribution in [2.24, 2.45) is 4.99 Å². The number of anilines is 1. The first-order valence-electron chi connectivity index (χ1n) is 13.4. The summed E-state index contributed by atoms with van der Waals surface area (Å²) in [5.74, 6) is 0.00265. The van der Waals surface area contributed by atoms with Crippen LogP contribution in [0.4, 0.5) is 11.4 Å². The minimum atomic E-state index is -0.0390. The van der Waals surface area contributed by atoms with Gasteiger partial charge in [0.15, 0.2) is 5.88 Å². The number of carbonyl (C=O) groups excluding carboxylic acids is 1. The molecule has 41 heavy (non-hydrogen) atoms. The van der Waals surface area contributed by atoms with Crippen LogP contribution in [0.25, 0.3) is 16.6 Å². The van der Waals surface area contributed by atoms with Gasteiger partial charge in [0.1, 0.15) is 5.65 Å². The van der Waals surface area contributed by atoms with Crippen LogP contribution in [-0.4, -0.2) is 87.7 Å². The Labute approximate surface area is 237 Å². The van der Waals surface area contributed by atoms with E-state index >= 15 is 0 Å². The third kappa shape index (κ3) is 5.28. The summed E-state index contributed by atoms with van der Waals surface area (Å²) in [5, 5.41) is 21.1. The second-order valence-corrected chi connectivity index (χ2v) is 10.3. The molecular formula is C31H30N8O2. The van der Waals surface area contributed by atoms with E-state index in [2.05, 4.69) is 32.9 Å². The number of rotatable bonds is 6. The summed E-state index contributed by atoms with van der Waals surface area (Å²) in [4.78, 5) is 31.5. The molecule has 10 heteroatoms. The summed E-state index contributed by atoms with van der Waals surface area (Å²) in [6.45, 7) is 4.08. The number of nitrogens with zero attached hydrogens (tertiary/aromatic N) is 7. The number of carbonyl (C=O) groups is 1. The highest BCUT2D eigenvalue weighted by atomic mass is 16.3. The van der Waals surface area contributed by atoms with Crippen LogP contribution in [-0.2, 0) is 4.79 Å². The lowest BCUT2D eigenvalue weighted by Gasteiger charge is -2.32. The maximum Gasteiger partial charge on any atom is 0.240 e. The molecule has 0 bridgehead atoms. The molecule has 2 N–H and O–H groups in total. The van der Waals surface area contributed by atoms with Gasteiger partial charge in [-0.2, -0.15) is 5.26 Å². The maximum atomic E-state index is 13.0. The zero-order chi connectivity index (χ0) is 28.5. The van der Waals surface area contributed by atoms with Crippen LogP contribution in [0.5, 0.6) is 5.88 Å². The van der Waals surface area contributed by atoms with Gasteiger partial charge in [0.05, 0.1) is 40.7 Å². The van der Waals surface area contributed by atoms with Crippen molar-refractivity contribution in [3.05, 3.63) is 89.9 Å². The minimum Gasteiger partial charge on any atom is -0.494 e. The third-order valence-electron chi connectivity index (χ3n) is 7.62. The van der Waals surface area contributed by atoms with Gasteiger partial charge in [-0.05, 0) is 55.6 Å². The molecule has 0 aliphatic carbocycles. The average molecular weight is 547 g/mol. The lowest BCUT2D eigenvalue weighted by Crippen LogP contribution is -2.48. The molecule has 1 saturated heterocycles. The number of pyridine rings is 1. The Balaban J connectivity index is 1.34. The number of nitrogens with one attached hydrogen (secondary N) is 1. The van der Waals surface area contributed by atoms with Crippen molar-refractivity contribution in [1.82, 2.24) is 24.2 Å². The summed E-state index contributed by atoms with van der Waals surface area (Å²) in [5.41, 5.74) is 5.17. The first kappa shape index (κ1) is 26.3. The van der Waals surface area contributed by atoms with Gasteiger partial charge >= 0.3 is 0 Å². The van der Waals surface area contributed by atoms with Gasteiger partial charge in [-0.25, -0.2) is 9.98 Å². The molecule has 6 rings (SSSR count). The Morgan fingerprint density at radius 1 is 1.10 bits per heavy atom. The molecule has 1 amide bonds. The van der Waals surface area contributed by atoms with Gasteiger partial charge in [0, 0.05) is 68.5 Å². The van der Waals surface area contributed by atoms with E-state index in [0.717, 1.165) is 48.5 Å². The first-order chi connectivity index (χ1) is 19.9. The molecule has 2 aromatic carbocycles. The largest absolute Gasteiger partial charge is 0.494 e. The number of nitriles is 1. The predicted molar refractivity (Wildman–Crippen MR) is 159 cm³/mol. The van der Waals surface area contributed by atoms with Gasteiger partial charge in [-0.1, -0.05) is 6.07 Å². The molecule has 3 aromatic heterocycles. The number of aromatic hydroxyl groups is 1. The SMILES string of the molecule is CN1CCN(CC(=O)N(C)c2ccc(N=C(c3ccn4ccnc4c3)c3c(O)[nH]c4cc(C#N)ccc34)cc2)CC1. The Kier molecular flexibility index (Phi) is 6.97. The number of hydrogen-bond acceptors (Lipinski definition) is 7. The van der Waals surface area contributed by atoms with E-state index in [-0.39, 0.29) is 11.8 Å². The minimum absolute atomic E-state index is 0.0390. The molecule has 0 radical (unpaired) electrons. The number of aromatic nitrogens is 3. The van der Waals surface area contributed by atoms with Gasteiger partial charge in [-0.15, -0.1) is 0 Å². The highest BCUT2D eigenvalue weighted by Crippen LogP contribution is 2.32. The normalized spacial score (nSPS) is 14.9. The van der Waals surface area contributed by atoms with Crippen LogP contribution in [0.15, 0.2) is 78.2 Å². The number of amides is 1. The van der Waals surface area contributed by atoms with E-state index in [1.807, 2.05) is 59.3 Å². The van der Waals surface area contributed by atoms with Crippen molar-refractivity contribution in [2.45, 2.75) is 0 Å². The van der Waals surface area contributed by atoms with Gasteiger partial charge in [-0.3, -0.25) is 9.69 Å². The number of benzene rings is 2. The second-order valence-electron chi connectivity index (χ2n) is 10.3. The van der Waals surface area contributed by atoms with Crippen molar-refractivity contribution in [3.63, 3.8) is 0 Å². The van der Waals surface area contributed by atoms with E-state index in [4.69, 9.17) is 4.99 Å². The Bertz CT molecular complexity index is 1800. The van der Waals surface area contributed by atoms with Crippen LogP contribution in [0, 0.1) is 11.3 Å². The molecule has 0 saturated carbocycles. The average Bonchev–Trinajstić information content (AvgIpc) is 3.59. The van der Waals surface area contributed by atoms with E-state index < -0.39 is 0 Å². The van der Waals surface area contributed by atoms with E-state index in [0.29, 0.717) is 34.6 Å². The number of aliphatic imine (C=N–C) groups is 1. The topological polar surface area (TPSA) is 116 Å². The predicted octanol–water partition coefficient (Wildman–Crippen LogP) is 3.77. The quantitative estimate of drug-likeness (QED) is 0.313. The van der Waals surface area contributed by atoms with Crippen LogP contribution >= 0.6 is 0 Å². The highest BCUT2D eigenvalue weighted by molar-refractivity contribution is 6.22. The fourth-order valence-electron chi connectivity index (χ4n) is 5.14. The van der Waals surface area contributed by atoms with Crippen LogP contribution in [0.1, 0.15) is 16.7 Å². The molecule has 4 heterocycles. The van der Waals surface area contributed by atoms with Crippen molar-refractivity contribution in [1.29, 1.82) is 5.26 Å². The summed E-state index contributed by atoms with van der Waals surface area (Å²) >= 11 is 0. The molecule has 5 aromatic rings. The molecule has 10 nitrogen and oxygen atoms in total. The Morgan fingerprint density at radius 2 is 1.88 bits per heavy atom. The molecule has 0 spiro atoms. The first-order valence-corrected chi connectivity index (χ1v) is 13.4. The molecule has 206 valence electrons. The van der Waals surface area contributed by atoms with Crippen LogP contribution in [0.2, 0.25) is 0 Å². The zero-order valence-electron chi connectivity index (χ0n) is 22.9. The monoisotopic (exact) mass is 546 g/mol. The lowest BCUT2D eigenvalue weighted by molar-refractivity contribution is -0.119. The smallest absolute Gasteiger partial charge is 0.240 e. The van der Waals surface area contributed by atoms with E-state index in [9.17, 15) is 15.2 Å². The number of fused-ring (bicyclic) bond motifs is 2. The van der Waals surface area contributed by atoms with Gasteiger partial charge < -0.3 is 24.3 Å². The van der Waals surface area contributed by atoms with Crippen molar-refractivity contribution >= 4 is 39.5 Å². The fourth-order valence-corrected chi connectivity index (χ4v) is 5.14. The van der Waals surface area contributed by atoms with Crippen molar-refractivity contribution in [3.8, 4) is 11.9 Å². The second kappa shape index (κ2) is 10.9. The number of imidazole rings is 1. The van der Waals surface area contributed by atoms with Crippen molar-refractivity contribution in [2.75, 3.05) is 51.7 Å². The van der Waals surface area contributed by atoms with E-state index in [1.54, 1.807) is 30.3 Å². The molecule has 0 unspecified atom stereocenters. The molecule has 1 aliphatic heterocycles. The fraction of sp³-hybridized carbons (Fsp3) is 0.226. The standard InChI is InChI=1S/C31H30N8O2/c1-36-13-15-38(16-14-36)20-28(40)37(2)24-6-4-23(5-7-24)34-30(22-9-11-39-12-10-33-27(39)18-22)29-25-8-3-21(19-32)17-26(25)35-31(29)41/h3-12,17-18,35,41H,13-16,20H2,1-2H3. The molecule has 1 aliphatic rings. The molecule has 0 atom stereocenters. The Morgan fingerprint density at radius 3 is 2.63 bits per heavy atom. The van der Waals surface area contributed by atoms with Crippen LogP contribution < -0.4 is 4.90 Å².